The summed E-state index contributed by atoms with van der Waals surface area (Å²) in [4.78, 5) is 23.0. The van der Waals surface area contributed by atoms with E-state index in [1.807, 2.05) is 12.2 Å². The third kappa shape index (κ3) is 11.9. The molecule has 0 aromatic heterocycles. The number of unbranched alkanes of at least 4 members (excludes halogenated alkanes) is 8. The van der Waals surface area contributed by atoms with Gasteiger partial charge in [-0.15, -0.1) is 0 Å². The highest BCUT2D eigenvalue weighted by Gasteiger charge is 2.04. The van der Waals surface area contributed by atoms with Crippen LogP contribution in [0.1, 0.15) is 78.1 Å². The van der Waals surface area contributed by atoms with Gasteiger partial charge in [-0.3, -0.25) is 9.59 Å². The topological polar surface area (TPSA) is 34.1 Å². The fourth-order valence-corrected chi connectivity index (χ4v) is 1.92. The fourth-order valence-electron chi connectivity index (χ4n) is 1.92. The van der Waals surface area contributed by atoms with E-state index in [1.165, 1.54) is 50.7 Å². The molecule has 0 aromatic rings. The molecule has 0 atom stereocenters. The van der Waals surface area contributed by atoms with E-state index in [-0.39, 0.29) is 0 Å². The lowest BCUT2D eigenvalue weighted by Crippen LogP contribution is -2.06. The van der Waals surface area contributed by atoms with Gasteiger partial charge in [0.25, 0.3) is 0 Å². The first-order chi connectivity index (χ1) is 9.72. The van der Waals surface area contributed by atoms with Crippen molar-refractivity contribution >= 4 is 11.6 Å². The number of hydrogen-bond donors (Lipinski definition) is 0. The van der Waals surface area contributed by atoms with Crippen LogP contribution >= 0.6 is 0 Å². The molecule has 0 heterocycles. The Morgan fingerprint density at radius 3 is 1.40 bits per heavy atom. The molecule has 0 aliphatic carbocycles. The van der Waals surface area contributed by atoms with Gasteiger partial charge < -0.3 is 0 Å². The predicted molar refractivity (Wildman–Crippen MR) is 85.8 cm³/mol. The van der Waals surface area contributed by atoms with Crippen LogP contribution < -0.4 is 0 Å². The molecule has 0 amide bonds. The van der Waals surface area contributed by atoms with Gasteiger partial charge in [0, 0.05) is 0 Å². The van der Waals surface area contributed by atoms with Crippen LogP contribution in [-0.2, 0) is 9.59 Å². The Morgan fingerprint density at radius 1 is 0.650 bits per heavy atom. The van der Waals surface area contributed by atoms with Crippen LogP contribution in [0.5, 0.6) is 0 Å². The molecule has 0 N–H and O–H groups in total. The molecule has 0 fully saturated rings. The molecule has 0 rings (SSSR count). The van der Waals surface area contributed by atoms with Crippen molar-refractivity contribution in [2.24, 2.45) is 0 Å². The van der Waals surface area contributed by atoms with Gasteiger partial charge >= 0.3 is 0 Å². The second-order valence-electron chi connectivity index (χ2n) is 5.23. The van der Waals surface area contributed by atoms with Crippen LogP contribution in [0, 0.1) is 0 Å². The molecule has 0 aliphatic heterocycles. The lowest BCUT2D eigenvalue weighted by Gasteiger charge is -1.94. The molecular weight excluding hydrogens is 248 g/mol. The van der Waals surface area contributed by atoms with Crippen LogP contribution in [-0.4, -0.2) is 11.6 Å². The van der Waals surface area contributed by atoms with Gasteiger partial charge in [-0.05, 0) is 37.8 Å². The summed E-state index contributed by atoms with van der Waals surface area (Å²) in [7, 11) is 0. The van der Waals surface area contributed by atoms with Crippen LogP contribution in [0.3, 0.4) is 0 Å². The van der Waals surface area contributed by atoms with Crippen molar-refractivity contribution in [2.45, 2.75) is 78.1 Å². The molecule has 0 saturated heterocycles. The Hall–Kier alpha value is -1.18. The molecule has 20 heavy (non-hydrogen) atoms. The normalized spacial score (nSPS) is 11.5. The van der Waals surface area contributed by atoms with Crippen LogP contribution in [0.4, 0.5) is 0 Å². The van der Waals surface area contributed by atoms with E-state index in [4.69, 9.17) is 0 Å². The van der Waals surface area contributed by atoms with E-state index in [9.17, 15) is 9.59 Å². The number of hydrogen-bond acceptors (Lipinski definition) is 2. The highest BCUT2D eigenvalue weighted by Crippen LogP contribution is 2.04. The van der Waals surface area contributed by atoms with Gasteiger partial charge in [0.1, 0.15) is 0 Å². The maximum Gasteiger partial charge on any atom is 0.225 e. The molecule has 0 bridgehead atoms. The maximum atomic E-state index is 11.5. The van der Waals surface area contributed by atoms with Crippen molar-refractivity contribution in [1.82, 2.24) is 0 Å². The maximum absolute atomic E-state index is 11.5. The highest BCUT2D eigenvalue weighted by atomic mass is 16.2. The van der Waals surface area contributed by atoms with Gasteiger partial charge in [-0.1, -0.05) is 64.5 Å². The standard InChI is InChI=1S/C18H30O2/c1-3-5-7-9-11-13-15-17(19)18(20)16-14-12-10-8-6-4-2/h13-16H,3-12H2,1-2H3/b15-13+,16-14+. The largest absolute Gasteiger partial charge is 0.286 e. The zero-order chi connectivity index (χ0) is 15.1. The summed E-state index contributed by atoms with van der Waals surface area (Å²) in [6.07, 6.45) is 17.8. The van der Waals surface area contributed by atoms with Crippen molar-refractivity contribution in [1.29, 1.82) is 0 Å². The predicted octanol–water partition coefficient (Wildman–Crippen LogP) is 5.18. The van der Waals surface area contributed by atoms with Crippen molar-refractivity contribution in [3.8, 4) is 0 Å². The van der Waals surface area contributed by atoms with Gasteiger partial charge in [0.05, 0.1) is 0 Å². The third-order valence-corrected chi connectivity index (χ3v) is 3.23. The molecule has 114 valence electrons. The molecule has 0 radical (unpaired) electrons. The van der Waals surface area contributed by atoms with Crippen molar-refractivity contribution in [3.05, 3.63) is 24.3 Å². The van der Waals surface area contributed by atoms with E-state index >= 15 is 0 Å². The van der Waals surface area contributed by atoms with Crippen molar-refractivity contribution in [2.75, 3.05) is 0 Å². The first-order valence-electron chi connectivity index (χ1n) is 8.13. The third-order valence-electron chi connectivity index (χ3n) is 3.23. The molecule has 2 nitrogen and oxygen atoms in total. The number of carbonyl (C=O) groups excluding carboxylic acids is 2. The summed E-state index contributed by atoms with van der Waals surface area (Å²) in [6, 6.07) is 0. The molecule has 0 saturated carbocycles. The molecule has 2 heteroatoms. The summed E-state index contributed by atoms with van der Waals surface area (Å²) >= 11 is 0. The van der Waals surface area contributed by atoms with Gasteiger partial charge in [-0.2, -0.15) is 0 Å². The van der Waals surface area contributed by atoms with Crippen molar-refractivity contribution in [3.63, 3.8) is 0 Å². The summed E-state index contributed by atoms with van der Waals surface area (Å²) < 4.78 is 0. The van der Waals surface area contributed by atoms with Gasteiger partial charge in [0.15, 0.2) is 0 Å². The molecular formula is C18H30O2. The Balaban J connectivity index is 3.72. The first kappa shape index (κ1) is 18.8. The monoisotopic (exact) mass is 278 g/mol. The van der Waals surface area contributed by atoms with Crippen molar-refractivity contribution < 1.29 is 9.59 Å². The number of allylic oxidation sites excluding steroid dienone is 4. The molecule has 0 aliphatic rings. The smallest absolute Gasteiger partial charge is 0.225 e. The van der Waals surface area contributed by atoms with E-state index in [1.54, 1.807) is 0 Å². The van der Waals surface area contributed by atoms with Crippen LogP contribution in [0.2, 0.25) is 0 Å². The summed E-state index contributed by atoms with van der Waals surface area (Å²) in [6.45, 7) is 4.35. The lowest BCUT2D eigenvalue weighted by atomic mass is 10.1. The average Bonchev–Trinajstić information content (AvgIpc) is 2.45. The highest BCUT2D eigenvalue weighted by molar-refractivity contribution is 6.45. The van der Waals surface area contributed by atoms with E-state index in [0.717, 1.165) is 25.7 Å². The molecule has 0 aromatic carbocycles. The van der Waals surface area contributed by atoms with Crippen LogP contribution in [0.25, 0.3) is 0 Å². The zero-order valence-corrected chi connectivity index (χ0v) is 13.2. The van der Waals surface area contributed by atoms with E-state index in [0.29, 0.717) is 0 Å². The number of ketones is 2. The Labute approximate surface area is 124 Å². The minimum Gasteiger partial charge on any atom is -0.286 e. The lowest BCUT2D eigenvalue weighted by molar-refractivity contribution is -0.130. The Bertz CT molecular complexity index is 281. The van der Waals surface area contributed by atoms with E-state index in [2.05, 4.69) is 13.8 Å². The number of carbonyl (C=O) groups is 2. The van der Waals surface area contributed by atoms with Crippen LogP contribution in [0.15, 0.2) is 24.3 Å². The summed E-state index contributed by atoms with van der Waals surface area (Å²) in [5, 5.41) is 0. The quantitative estimate of drug-likeness (QED) is 0.264. The summed E-state index contributed by atoms with van der Waals surface area (Å²) in [5.74, 6) is -0.796. The second-order valence-corrected chi connectivity index (χ2v) is 5.23. The second kappa shape index (κ2) is 14.2. The Kier molecular flexibility index (Phi) is 13.4. The van der Waals surface area contributed by atoms with Gasteiger partial charge in [0.2, 0.25) is 11.6 Å². The van der Waals surface area contributed by atoms with Gasteiger partial charge in [-0.25, -0.2) is 0 Å². The fraction of sp³-hybridized carbons (Fsp3) is 0.667. The SMILES string of the molecule is CCCCCC/C=C/C(=O)C(=O)/C=C/CCCCCC. The molecule has 0 spiro atoms. The average molecular weight is 278 g/mol. The Morgan fingerprint density at radius 2 is 1.05 bits per heavy atom. The summed E-state index contributed by atoms with van der Waals surface area (Å²) in [5.41, 5.74) is 0. The molecule has 0 unspecified atom stereocenters. The minimum atomic E-state index is -0.398. The van der Waals surface area contributed by atoms with E-state index < -0.39 is 11.6 Å². The minimum absolute atomic E-state index is 0.398. The first-order valence-corrected chi connectivity index (χ1v) is 8.13. The number of rotatable bonds is 13. The zero-order valence-electron chi connectivity index (χ0n) is 13.2.